The molecule has 19 heavy (non-hydrogen) atoms. The second-order valence-corrected chi connectivity index (χ2v) is 5.05. The van der Waals surface area contributed by atoms with Gasteiger partial charge in [-0.05, 0) is 26.0 Å². The SMILES string of the molecule is CC(C)(Cn1cnc2ccccc2c1=O)C(=O)NN. The summed E-state index contributed by atoms with van der Waals surface area (Å²) < 4.78 is 1.43. The normalized spacial score (nSPS) is 11.5. The highest BCUT2D eigenvalue weighted by atomic mass is 16.2. The van der Waals surface area contributed by atoms with Gasteiger partial charge >= 0.3 is 0 Å². The van der Waals surface area contributed by atoms with Crippen molar-refractivity contribution < 1.29 is 4.79 Å². The zero-order valence-corrected chi connectivity index (χ0v) is 10.9. The Morgan fingerprint density at radius 1 is 1.42 bits per heavy atom. The summed E-state index contributed by atoms with van der Waals surface area (Å²) in [4.78, 5) is 28.1. The van der Waals surface area contributed by atoms with E-state index in [4.69, 9.17) is 5.84 Å². The van der Waals surface area contributed by atoms with E-state index >= 15 is 0 Å². The van der Waals surface area contributed by atoms with Crippen LogP contribution < -0.4 is 16.8 Å². The van der Waals surface area contributed by atoms with Crippen molar-refractivity contribution in [3.05, 3.63) is 40.9 Å². The van der Waals surface area contributed by atoms with Crippen LogP contribution in [0.15, 0.2) is 35.4 Å². The molecule has 0 bridgehead atoms. The van der Waals surface area contributed by atoms with Gasteiger partial charge in [-0.15, -0.1) is 0 Å². The zero-order chi connectivity index (χ0) is 14.0. The van der Waals surface area contributed by atoms with E-state index in [2.05, 4.69) is 10.4 Å². The highest BCUT2D eigenvalue weighted by molar-refractivity contribution is 5.81. The molecule has 0 aliphatic carbocycles. The molecule has 0 fully saturated rings. The number of carbonyl (C=O) groups excluding carboxylic acids is 1. The largest absolute Gasteiger partial charge is 0.298 e. The number of aromatic nitrogens is 2. The van der Waals surface area contributed by atoms with Gasteiger partial charge in [0.25, 0.3) is 5.56 Å². The first-order valence-corrected chi connectivity index (χ1v) is 5.91. The molecule has 2 aromatic rings. The smallest absolute Gasteiger partial charge is 0.261 e. The summed E-state index contributed by atoms with van der Waals surface area (Å²) in [6, 6.07) is 7.11. The number of nitrogens with zero attached hydrogens (tertiary/aromatic N) is 2. The number of hydrogen-bond acceptors (Lipinski definition) is 4. The molecule has 100 valence electrons. The molecular formula is C13H16N4O2. The first-order chi connectivity index (χ1) is 8.95. The summed E-state index contributed by atoms with van der Waals surface area (Å²) in [5.74, 6) is 4.81. The summed E-state index contributed by atoms with van der Waals surface area (Å²) in [5, 5.41) is 0.536. The van der Waals surface area contributed by atoms with Crippen LogP contribution in [0.1, 0.15) is 13.8 Å². The molecule has 0 spiro atoms. The van der Waals surface area contributed by atoms with Crippen LogP contribution in [0.5, 0.6) is 0 Å². The molecule has 1 amide bonds. The van der Waals surface area contributed by atoms with Crippen LogP contribution in [0.2, 0.25) is 0 Å². The Labute approximate surface area is 110 Å². The first-order valence-electron chi connectivity index (χ1n) is 5.91. The van der Waals surface area contributed by atoms with E-state index in [-0.39, 0.29) is 18.0 Å². The number of rotatable bonds is 3. The first kappa shape index (κ1) is 13.2. The van der Waals surface area contributed by atoms with E-state index in [1.807, 2.05) is 6.07 Å². The summed E-state index contributed by atoms with van der Waals surface area (Å²) >= 11 is 0. The van der Waals surface area contributed by atoms with Gasteiger partial charge in [-0.1, -0.05) is 12.1 Å². The summed E-state index contributed by atoms with van der Waals surface area (Å²) in [6.45, 7) is 3.65. The average molecular weight is 260 g/mol. The lowest BCUT2D eigenvalue weighted by Crippen LogP contribution is -2.44. The van der Waals surface area contributed by atoms with Gasteiger partial charge in [-0.25, -0.2) is 10.8 Å². The molecule has 6 heteroatoms. The minimum absolute atomic E-state index is 0.163. The van der Waals surface area contributed by atoms with Gasteiger partial charge in [0.15, 0.2) is 0 Å². The Morgan fingerprint density at radius 3 is 2.79 bits per heavy atom. The molecule has 6 nitrogen and oxygen atoms in total. The highest BCUT2D eigenvalue weighted by Crippen LogP contribution is 2.17. The number of nitrogens with two attached hydrogens (primary N) is 1. The zero-order valence-electron chi connectivity index (χ0n) is 10.9. The molecule has 0 atom stereocenters. The van der Waals surface area contributed by atoms with Gasteiger partial charge in [-0.3, -0.25) is 19.6 Å². The number of carbonyl (C=O) groups is 1. The Morgan fingerprint density at radius 2 is 2.11 bits per heavy atom. The van der Waals surface area contributed by atoms with Crippen molar-refractivity contribution in [1.29, 1.82) is 0 Å². The van der Waals surface area contributed by atoms with E-state index in [0.717, 1.165) is 0 Å². The standard InChI is InChI=1S/C13H16N4O2/c1-13(2,12(19)16-14)7-17-8-15-10-6-4-3-5-9(10)11(17)18/h3-6,8H,7,14H2,1-2H3,(H,16,19). The minimum atomic E-state index is -0.789. The van der Waals surface area contributed by atoms with E-state index < -0.39 is 5.41 Å². The number of para-hydroxylation sites is 1. The van der Waals surface area contributed by atoms with Crippen LogP contribution in [-0.4, -0.2) is 15.5 Å². The predicted molar refractivity (Wildman–Crippen MR) is 72.1 cm³/mol. The molecule has 0 saturated heterocycles. The second kappa shape index (κ2) is 4.81. The Balaban J connectivity index is 2.45. The fraction of sp³-hybridized carbons (Fsp3) is 0.308. The van der Waals surface area contributed by atoms with Gasteiger partial charge in [-0.2, -0.15) is 0 Å². The quantitative estimate of drug-likeness (QED) is 0.475. The molecule has 2 rings (SSSR count). The fourth-order valence-corrected chi connectivity index (χ4v) is 1.91. The van der Waals surface area contributed by atoms with Crippen molar-refractivity contribution in [3.63, 3.8) is 0 Å². The average Bonchev–Trinajstić information content (AvgIpc) is 2.41. The molecule has 1 aromatic carbocycles. The maximum atomic E-state index is 12.3. The number of amides is 1. The summed E-state index contributed by atoms with van der Waals surface area (Å²) in [7, 11) is 0. The number of benzene rings is 1. The van der Waals surface area contributed by atoms with E-state index in [1.165, 1.54) is 10.9 Å². The number of hydrazine groups is 1. The monoisotopic (exact) mass is 260 g/mol. The van der Waals surface area contributed by atoms with Crippen LogP contribution in [-0.2, 0) is 11.3 Å². The molecular weight excluding hydrogens is 244 g/mol. The lowest BCUT2D eigenvalue weighted by atomic mass is 9.92. The molecule has 3 N–H and O–H groups in total. The topological polar surface area (TPSA) is 90.0 Å². The fourth-order valence-electron chi connectivity index (χ4n) is 1.91. The van der Waals surface area contributed by atoms with Crippen LogP contribution in [0.3, 0.4) is 0 Å². The third-order valence-electron chi connectivity index (χ3n) is 3.04. The van der Waals surface area contributed by atoms with Crippen LogP contribution in [0.4, 0.5) is 0 Å². The lowest BCUT2D eigenvalue weighted by molar-refractivity contribution is -0.130. The molecule has 0 aliphatic rings. The van der Waals surface area contributed by atoms with Crippen molar-refractivity contribution in [2.45, 2.75) is 20.4 Å². The Kier molecular flexibility index (Phi) is 3.35. The maximum absolute atomic E-state index is 12.3. The van der Waals surface area contributed by atoms with Gasteiger partial charge in [0.1, 0.15) is 0 Å². The third kappa shape index (κ3) is 2.48. The van der Waals surface area contributed by atoms with Crippen molar-refractivity contribution in [2.75, 3.05) is 0 Å². The molecule has 1 heterocycles. The molecule has 0 unspecified atom stereocenters. The number of fused-ring (bicyclic) bond motifs is 1. The highest BCUT2D eigenvalue weighted by Gasteiger charge is 2.28. The number of hydrogen-bond donors (Lipinski definition) is 2. The van der Waals surface area contributed by atoms with Gasteiger partial charge < -0.3 is 0 Å². The predicted octanol–water partition coefficient (Wildman–Crippen LogP) is 0.413. The van der Waals surface area contributed by atoms with Crippen LogP contribution in [0.25, 0.3) is 10.9 Å². The van der Waals surface area contributed by atoms with Crippen molar-refractivity contribution >= 4 is 16.8 Å². The molecule has 1 aromatic heterocycles. The van der Waals surface area contributed by atoms with E-state index in [1.54, 1.807) is 32.0 Å². The Hall–Kier alpha value is -2.21. The third-order valence-corrected chi connectivity index (χ3v) is 3.04. The second-order valence-electron chi connectivity index (χ2n) is 5.05. The summed E-state index contributed by atoms with van der Waals surface area (Å²) in [5.41, 5.74) is 1.80. The van der Waals surface area contributed by atoms with Crippen molar-refractivity contribution in [1.82, 2.24) is 15.0 Å². The number of nitrogens with one attached hydrogen (secondary N) is 1. The van der Waals surface area contributed by atoms with Gasteiger partial charge in [0.05, 0.1) is 22.6 Å². The van der Waals surface area contributed by atoms with Crippen LogP contribution >= 0.6 is 0 Å². The lowest BCUT2D eigenvalue weighted by Gasteiger charge is -2.23. The van der Waals surface area contributed by atoms with E-state index in [9.17, 15) is 9.59 Å². The van der Waals surface area contributed by atoms with E-state index in [0.29, 0.717) is 10.9 Å². The summed E-state index contributed by atoms with van der Waals surface area (Å²) in [6.07, 6.45) is 1.45. The molecule has 0 radical (unpaired) electrons. The molecule has 0 saturated carbocycles. The Bertz CT molecular complexity index is 676. The van der Waals surface area contributed by atoms with Gasteiger partial charge in [0, 0.05) is 6.54 Å². The van der Waals surface area contributed by atoms with Gasteiger partial charge in [0.2, 0.25) is 5.91 Å². The van der Waals surface area contributed by atoms with Crippen LogP contribution in [0, 0.1) is 5.41 Å². The minimum Gasteiger partial charge on any atom is -0.298 e. The maximum Gasteiger partial charge on any atom is 0.261 e. The van der Waals surface area contributed by atoms with Crippen molar-refractivity contribution in [2.24, 2.45) is 11.3 Å². The van der Waals surface area contributed by atoms with Crippen molar-refractivity contribution in [3.8, 4) is 0 Å². The molecule has 0 aliphatic heterocycles.